The molecular formula is C14H10Cl2F3N. The van der Waals surface area contributed by atoms with Gasteiger partial charge in [0.15, 0.2) is 0 Å². The van der Waals surface area contributed by atoms with Gasteiger partial charge in [-0.2, -0.15) is 13.2 Å². The van der Waals surface area contributed by atoms with Crippen LogP contribution in [-0.4, -0.2) is 0 Å². The molecule has 2 aromatic rings. The van der Waals surface area contributed by atoms with Gasteiger partial charge in [0.1, 0.15) is 0 Å². The first-order chi connectivity index (χ1) is 9.38. The summed E-state index contributed by atoms with van der Waals surface area (Å²) in [5.74, 6) is 0. The Kier molecular flexibility index (Phi) is 4.45. The van der Waals surface area contributed by atoms with Crippen molar-refractivity contribution in [1.82, 2.24) is 0 Å². The van der Waals surface area contributed by atoms with Crippen LogP contribution in [0.5, 0.6) is 0 Å². The summed E-state index contributed by atoms with van der Waals surface area (Å²) in [4.78, 5) is 0. The zero-order valence-electron chi connectivity index (χ0n) is 10.1. The Morgan fingerprint density at radius 1 is 1.00 bits per heavy atom. The molecule has 0 spiro atoms. The third kappa shape index (κ3) is 3.58. The maximum Gasteiger partial charge on any atom is 0.416 e. The predicted molar refractivity (Wildman–Crippen MR) is 75.2 cm³/mol. The van der Waals surface area contributed by atoms with Crippen LogP contribution in [0.15, 0.2) is 42.5 Å². The van der Waals surface area contributed by atoms with Gasteiger partial charge < -0.3 is 5.32 Å². The molecule has 0 heterocycles. The van der Waals surface area contributed by atoms with E-state index >= 15 is 0 Å². The lowest BCUT2D eigenvalue weighted by Crippen LogP contribution is -2.11. The third-order valence-corrected chi connectivity index (χ3v) is 3.27. The van der Waals surface area contributed by atoms with Gasteiger partial charge in [-0.1, -0.05) is 41.4 Å². The van der Waals surface area contributed by atoms with Gasteiger partial charge in [-0.05, 0) is 29.8 Å². The van der Waals surface area contributed by atoms with E-state index in [-0.39, 0.29) is 12.1 Å². The maximum atomic E-state index is 12.8. The second kappa shape index (κ2) is 5.94. The van der Waals surface area contributed by atoms with Crippen LogP contribution in [0.2, 0.25) is 10.0 Å². The summed E-state index contributed by atoms with van der Waals surface area (Å²) in [6.45, 7) is 0.0248. The Balaban J connectivity index is 2.19. The standard InChI is InChI=1S/C14H10Cl2F3N/c15-10-5-6-13(12(16)7-10)20-8-9-3-1-2-4-11(9)14(17,18)19/h1-7,20H,8H2. The van der Waals surface area contributed by atoms with E-state index in [1.54, 1.807) is 18.2 Å². The number of halogens is 5. The number of hydrogen-bond donors (Lipinski definition) is 1. The topological polar surface area (TPSA) is 12.0 Å². The Hall–Kier alpha value is -1.39. The fourth-order valence-corrected chi connectivity index (χ4v) is 2.25. The van der Waals surface area contributed by atoms with Gasteiger partial charge in [0, 0.05) is 11.6 Å². The van der Waals surface area contributed by atoms with Crippen molar-refractivity contribution >= 4 is 28.9 Å². The summed E-state index contributed by atoms with van der Waals surface area (Å²) in [5, 5.41) is 3.71. The van der Waals surface area contributed by atoms with Crippen molar-refractivity contribution in [2.24, 2.45) is 0 Å². The number of nitrogens with one attached hydrogen (secondary N) is 1. The predicted octanol–water partition coefficient (Wildman–Crippen LogP) is 5.62. The number of benzene rings is 2. The minimum atomic E-state index is -4.37. The molecule has 0 radical (unpaired) electrons. The smallest absolute Gasteiger partial charge is 0.380 e. The molecule has 106 valence electrons. The first-order valence-corrected chi connectivity index (χ1v) is 6.47. The lowest BCUT2D eigenvalue weighted by atomic mass is 10.1. The van der Waals surface area contributed by atoms with E-state index in [4.69, 9.17) is 23.2 Å². The second-order valence-electron chi connectivity index (χ2n) is 4.13. The SMILES string of the molecule is FC(F)(F)c1ccccc1CNc1ccc(Cl)cc1Cl. The lowest BCUT2D eigenvalue weighted by molar-refractivity contribution is -0.138. The highest BCUT2D eigenvalue weighted by molar-refractivity contribution is 6.36. The van der Waals surface area contributed by atoms with Crippen LogP contribution in [0, 0.1) is 0 Å². The zero-order valence-corrected chi connectivity index (χ0v) is 11.7. The molecule has 0 aliphatic heterocycles. The van der Waals surface area contributed by atoms with Crippen LogP contribution < -0.4 is 5.32 Å². The van der Waals surface area contributed by atoms with Gasteiger partial charge in [-0.25, -0.2) is 0 Å². The third-order valence-electron chi connectivity index (χ3n) is 2.72. The Morgan fingerprint density at radius 2 is 1.70 bits per heavy atom. The lowest BCUT2D eigenvalue weighted by Gasteiger charge is -2.14. The molecule has 0 saturated carbocycles. The summed E-state index contributed by atoms with van der Waals surface area (Å²) in [6, 6.07) is 10.2. The quantitative estimate of drug-likeness (QED) is 0.773. The highest BCUT2D eigenvalue weighted by Gasteiger charge is 2.32. The van der Waals surface area contributed by atoms with Crippen LogP contribution in [0.1, 0.15) is 11.1 Å². The molecule has 0 aliphatic carbocycles. The maximum absolute atomic E-state index is 12.8. The summed E-state index contributed by atoms with van der Waals surface area (Å²) in [7, 11) is 0. The molecule has 0 amide bonds. The Bertz CT molecular complexity index is 612. The van der Waals surface area contributed by atoms with Gasteiger partial charge in [0.25, 0.3) is 0 Å². The van der Waals surface area contributed by atoms with Gasteiger partial charge in [-0.3, -0.25) is 0 Å². The van der Waals surface area contributed by atoms with Crippen molar-refractivity contribution in [2.75, 3.05) is 5.32 Å². The van der Waals surface area contributed by atoms with Crippen molar-refractivity contribution in [3.8, 4) is 0 Å². The van der Waals surface area contributed by atoms with E-state index in [2.05, 4.69) is 5.32 Å². The fourth-order valence-electron chi connectivity index (χ4n) is 1.77. The average Bonchev–Trinajstić information content (AvgIpc) is 2.37. The molecule has 0 aromatic heterocycles. The van der Waals surface area contributed by atoms with Gasteiger partial charge in [-0.15, -0.1) is 0 Å². The van der Waals surface area contributed by atoms with Crippen LogP contribution in [0.3, 0.4) is 0 Å². The van der Waals surface area contributed by atoms with E-state index in [0.29, 0.717) is 15.7 Å². The fraction of sp³-hybridized carbons (Fsp3) is 0.143. The molecule has 0 bridgehead atoms. The van der Waals surface area contributed by atoms with Crippen molar-refractivity contribution in [3.63, 3.8) is 0 Å². The van der Waals surface area contributed by atoms with E-state index in [1.807, 2.05) is 0 Å². The number of alkyl halides is 3. The highest BCUT2D eigenvalue weighted by atomic mass is 35.5. The van der Waals surface area contributed by atoms with Crippen LogP contribution in [-0.2, 0) is 12.7 Å². The first-order valence-electron chi connectivity index (χ1n) is 5.72. The van der Waals surface area contributed by atoms with E-state index in [1.165, 1.54) is 18.2 Å². The molecular weight excluding hydrogens is 310 g/mol. The molecule has 0 saturated heterocycles. The summed E-state index contributed by atoms with van der Waals surface area (Å²) < 4.78 is 38.5. The highest BCUT2D eigenvalue weighted by Crippen LogP contribution is 2.32. The Morgan fingerprint density at radius 3 is 2.35 bits per heavy atom. The molecule has 0 aliphatic rings. The van der Waals surface area contributed by atoms with E-state index in [0.717, 1.165) is 6.07 Å². The van der Waals surface area contributed by atoms with Crippen LogP contribution in [0.4, 0.5) is 18.9 Å². The largest absolute Gasteiger partial charge is 0.416 e. The molecule has 0 unspecified atom stereocenters. The molecule has 2 aromatic carbocycles. The molecule has 1 N–H and O–H groups in total. The van der Waals surface area contributed by atoms with Crippen LogP contribution >= 0.6 is 23.2 Å². The summed E-state index contributed by atoms with van der Waals surface area (Å²) in [5.41, 5.74) is 0.0386. The zero-order chi connectivity index (χ0) is 14.8. The molecule has 20 heavy (non-hydrogen) atoms. The van der Waals surface area contributed by atoms with Gasteiger partial charge in [0.2, 0.25) is 0 Å². The summed E-state index contributed by atoms with van der Waals surface area (Å²) >= 11 is 11.7. The number of hydrogen-bond acceptors (Lipinski definition) is 1. The number of anilines is 1. The second-order valence-corrected chi connectivity index (χ2v) is 4.98. The van der Waals surface area contributed by atoms with Gasteiger partial charge in [0.05, 0.1) is 16.3 Å². The number of rotatable bonds is 3. The van der Waals surface area contributed by atoms with Crippen molar-refractivity contribution in [1.29, 1.82) is 0 Å². The Labute approximate surface area is 124 Å². The van der Waals surface area contributed by atoms with E-state index in [9.17, 15) is 13.2 Å². The van der Waals surface area contributed by atoms with E-state index < -0.39 is 11.7 Å². The van der Waals surface area contributed by atoms with Crippen molar-refractivity contribution in [2.45, 2.75) is 12.7 Å². The normalized spacial score (nSPS) is 11.4. The molecule has 2 rings (SSSR count). The van der Waals surface area contributed by atoms with Crippen LogP contribution in [0.25, 0.3) is 0 Å². The molecule has 0 atom stereocenters. The average molecular weight is 320 g/mol. The van der Waals surface area contributed by atoms with Crippen molar-refractivity contribution < 1.29 is 13.2 Å². The molecule has 1 nitrogen and oxygen atoms in total. The van der Waals surface area contributed by atoms with Gasteiger partial charge >= 0.3 is 6.18 Å². The minimum Gasteiger partial charge on any atom is -0.380 e. The first kappa shape index (κ1) is 15.0. The molecule has 0 fully saturated rings. The monoisotopic (exact) mass is 319 g/mol. The van der Waals surface area contributed by atoms with Crippen molar-refractivity contribution in [3.05, 3.63) is 63.6 Å². The summed E-state index contributed by atoms with van der Waals surface area (Å²) in [6.07, 6.45) is -4.37. The minimum absolute atomic E-state index is 0.0248. The molecule has 6 heteroatoms.